The van der Waals surface area contributed by atoms with Crippen molar-refractivity contribution in [1.82, 2.24) is 14.9 Å². The quantitative estimate of drug-likeness (QED) is 0.677. The Morgan fingerprint density at radius 1 is 1.39 bits per heavy atom. The lowest BCUT2D eigenvalue weighted by Crippen LogP contribution is -2.32. The van der Waals surface area contributed by atoms with Gasteiger partial charge in [-0.2, -0.15) is 9.97 Å². The standard InChI is InChI=1S/C12H24N6/c1-5-9(2)18(4)7-6-15-11-8-10(14-3)16-12(13)17-11/h8-9H,5-7H2,1-4H3,(H4,13,14,15,16,17). The van der Waals surface area contributed by atoms with Crippen LogP contribution in [0.5, 0.6) is 0 Å². The van der Waals surface area contributed by atoms with Crippen LogP contribution in [0.15, 0.2) is 6.07 Å². The van der Waals surface area contributed by atoms with Gasteiger partial charge in [0, 0.05) is 32.2 Å². The van der Waals surface area contributed by atoms with E-state index in [2.05, 4.69) is 46.4 Å². The van der Waals surface area contributed by atoms with Crippen molar-refractivity contribution < 1.29 is 0 Å². The van der Waals surface area contributed by atoms with Crippen molar-refractivity contribution in [3.05, 3.63) is 6.07 Å². The molecule has 1 atom stereocenters. The third-order valence-corrected chi connectivity index (χ3v) is 3.11. The van der Waals surface area contributed by atoms with Crippen molar-refractivity contribution in [1.29, 1.82) is 0 Å². The van der Waals surface area contributed by atoms with E-state index in [0.717, 1.165) is 31.1 Å². The van der Waals surface area contributed by atoms with Crippen LogP contribution in [0.2, 0.25) is 0 Å². The molecular weight excluding hydrogens is 228 g/mol. The molecule has 4 N–H and O–H groups in total. The molecule has 1 aromatic rings. The summed E-state index contributed by atoms with van der Waals surface area (Å²) in [5.41, 5.74) is 5.62. The summed E-state index contributed by atoms with van der Waals surface area (Å²) in [4.78, 5) is 10.5. The molecule has 1 heterocycles. The molecule has 0 aliphatic carbocycles. The molecule has 18 heavy (non-hydrogen) atoms. The topological polar surface area (TPSA) is 79.1 Å². The Balaban J connectivity index is 2.46. The largest absolute Gasteiger partial charge is 0.373 e. The molecule has 6 nitrogen and oxygen atoms in total. The van der Waals surface area contributed by atoms with Crippen molar-refractivity contribution in [2.75, 3.05) is 43.6 Å². The highest BCUT2D eigenvalue weighted by molar-refractivity contribution is 5.50. The maximum absolute atomic E-state index is 5.62. The minimum absolute atomic E-state index is 0.277. The Labute approximate surface area is 109 Å². The zero-order chi connectivity index (χ0) is 13.5. The Bertz CT molecular complexity index is 368. The second kappa shape index (κ2) is 7.00. The van der Waals surface area contributed by atoms with Crippen molar-refractivity contribution in [3.8, 4) is 0 Å². The van der Waals surface area contributed by atoms with Gasteiger partial charge in [-0.15, -0.1) is 0 Å². The van der Waals surface area contributed by atoms with E-state index >= 15 is 0 Å². The van der Waals surface area contributed by atoms with Crippen LogP contribution >= 0.6 is 0 Å². The van der Waals surface area contributed by atoms with E-state index in [-0.39, 0.29) is 5.95 Å². The highest BCUT2D eigenvalue weighted by Crippen LogP contribution is 2.11. The lowest BCUT2D eigenvalue weighted by molar-refractivity contribution is 0.261. The number of likely N-dealkylation sites (N-methyl/N-ethyl adjacent to an activating group) is 1. The zero-order valence-electron chi connectivity index (χ0n) is 11.7. The molecule has 0 spiro atoms. The monoisotopic (exact) mass is 252 g/mol. The van der Waals surface area contributed by atoms with Crippen LogP contribution in [0.1, 0.15) is 20.3 Å². The fourth-order valence-electron chi connectivity index (χ4n) is 1.58. The Morgan fingerprint density at radius 3 is 2.67 bits per heavy atom. The zero-order valence-corrected chi connectivity index (χ0v) is 11.7. The van der Waals surface area contributed by atoms with Crippen molar-refractivity contribution in [2.45, 2.75) is 26.3 Å². The van der Waals surface area contributed by atoms with Gasteiger partial charge in [0.25, 0.3) is 0 Å². The first-order valence-electron chi connectivity index (χ1n) is 6.33. The minimum Gasteiger partial charge on any atom is -0.373 e. The van der Waals surface area contributed by atoms with Gasteiger partial charge in [0.2, 0.25) is 5.95 Å². The number of nitrogens with zero attached hydrogens (tertiary/aromatic N) is 3. The number of nitrogens with two attached hydrogens (primary N) is 1. The van der Waals surface area contributed by atoms with Crippen molar-refractivity contribution >= 4 is 17.6 Å². The molecule has 0 fully saturated rings. The first-order chi connectivity index (χ1) is 8.56. The van der Waals surface area contributed by atoms with Gasteiger partial charge >= 0.3 is 0 Å². The number of nitrogens with one attached hydrogen (secondary N) is 2. The summed E-state index contributed by atoms with van der Waals surface area (Å²) in [6.07, 6.45) is 1.15. The first-order valence-corrected chi connectivity index (χ1v) is 6.33. The second-order valence-corrected chi connectivity index (χ2v) is 4.41. The minimum atomic E-state index is 0.277. The summed E-state index contributed by atoms with van der Waals surface area (Å²) in [5.74, 6) is 1.75. The van der Waals surface area contributed by atoms with Crippen LogP contribution in [-0.2, 0) is 0 Å². The summed E-state index contributed by atoms with van der Waals surface area (Å²) in [6.45, 7) is 6.22. The summed E-state index contributed by atoms with van der Waals surface area (Å²) in [6, 6.07) is 2.44. The number of hydrogen-bond acceptors (Lipinski definition) is 6. The fourth-order valence-corrected chi connectivity index (χ4v) is 1.58. The molecule has 1 rings (SSSR count). The van der Waals surface area contributed by atoms with Crippen LogP contribution in [0.3, 0.4) is 0 Å². The van der Waals surface area contributed by atoms with E-state index in [0.29, 0.717) is 6.04 Å². The summed E-state index contributed by atoms with van der Waals surface area (Å²) in [7, 11) is 3.94. The Hall–Kier alpha value is -1.56. The third kappa shape index (κ3) is 4.37. The van der Waals surface area contributed by atoms with Gasteiger partial charge in [-0.1, -0.05) is 6.92 Å². The van der Waals surface area contributed by atoms with Crippen molar-refractivity contribution in [2.24, 2.45) is 0 Å². The molecule has 0 amide bonds. The fraction of sp³-hybridized carbons (Fsp3) is 0.667. The van der Waals surface area contributed by atoms with Gasteiger partial charge in [0.1, 0.15) is 11.6 Å². The third-order valence-electron chi connectivity index (χ3n) is 3.11. The van der Waals surface area contributed by atoms with Crippen LogP contribution in [0.25, 0.3) is 0 Å². The average Bonchev–Trinajstić information content (AvgIpc) is 2.36. The molecule has 6 heteroatoms. The molecule has 1 aromatic heterocycles. The molecule has 1 unspecified atom stereocenters. The lowest BCUT2D eigenvalue weighted by Gasteiger charge is -2.23. The Kier molecular flexibility index (Phi) is 5.64. The van der Waals surface area contributed by atoms with E-state index < -0.39 is 0 Å². The molecule has 0 radical (unpaired) electrons. The van der Waals surface area contributed by atoms with E-state index in [9.17, 15) is 0 Å². The summed E-state index contributed by atoms with van der Waals surface area (Å²) < 4.78 is 0. The second-order valence-electron chi connectivity index (χ2n) is 4.41. The van der Waals surface area contributed by atoms with Crippen LogP contribution in [0.4, 0.5) is 17.6 Å². The predicted molar refractivity (Wildman–Crippen MR) is 76.9 cm³/mol. The maximum Gasteiger partial charge on any atom is 0.223 e. The van der Waals surface area contributed by atoms with Crippen LogP contribution < -0.4 is 16.4 Å². The lowest BCUT2D eigenvalue weighted by atomic mass is 10.2. The molecule has 0 aliphatic rings. The molecule has 0 aliphatic heterocycles. The van der Waals surface area contributed by atoms with Crippen molar-refractivity contribution in [3.63, 3.8) is 0 Å². The number of hydrogen-bond donors (Lipinski definition) is 3. The highest BCUT2D eigenvalue weighted by atomic mass is 15.2. The van der Waals surface area contributed by atoms with E-state index in [4.69, 9.17) is 5.73 Å². The van der Waals surface area contributed by atoms with Gasteiger partial charge in [-0.3, -0.25) is 0 Å². The van der Waals surface area contributed by atoms with Gasteiger partial charge in [-0.05, 0) is 20.4 Å². The number of rotatable bonds is 7. The Morgan fingerprint density at radius 2 is 2.06 bits per heavy atom. The predicted octanol–water partition coefficient (Wildman–Crippen LogP) is 1.24. The normalized spacial score (nSPS) is 12.5. The first kappa shape index (κ1) is 14.5. The number of nitrogen functional groups attached to an aromatic ring is 1. The maximum atomic E-state index is 5.62. The molecule has 0 aromatic carbocycles. The number of anilines is 3. The van der Waals surface area contributed by atoms with Gasteiger partial charge < -0.3 is 21.3 Å². The molecule has 0 saturated carbocycles. The van der Waals surface area contributed by atoms with Crippen LogP contribution in [-0.4, -0.2) is 48.1 Å². The van der Waals surface area contributed by atoms with Gasteiger partial charge in [-0.25, -0.2) is 0 Å². The summed E-state index contributed by atoms with van der Waals surface area (Å²) >= 11 is 0. The average molecular weight is 252 g/mol. The molecule has 0 saturated heterocycles. The molecule has 102 valence electrons. The smallest absolute Gasteiger partial charge is 0.223 e. The van der Waals surface area contributed by atoms with E-state index in [1.165, 1.54) is 0 Å². The van der Waals surface area contributed by atoms with Gasteiger partial charge in [0.05, 0.1) is 0 Å². The molecule has 0 bridgehead atoms. The SMILES string of the molecule is CCC(C)N(C)CCNc1cc(NC)nc(N)n1. The van der Waals surface area contributed by atoms with Gasteiger partial charge in [0.15, 0.2) is 0 Å². The van der Waals surface area contributed by atoms with E-state index in [1.807, 2.05) is 13.1 Å². The molecular formula is C12H24N6. The number of aromatic nitrogens is 2. The van der Waals surface area contributed by atoms with E-state index in [1.54, 1.807) is 0 Å². The highest BCUT2D eigenvalue weighted by Gasteiger charge is 2.06. The van der Waals surface area contributed by atoms with Crippen LogP contribution in [0, 0.1) is 0 Å². The summed E-state index contributed by atoms with van der Waals surface area (Å²) in [5, 5.41) is 6.21.